The van der Waals surface area contributed by atoms with Crippen LogP contribution in [0.3, 0.4) is 0 Å². The van der Waals surface area contributed by atoms with Gasteiger partial charge in [-0.3, -0.25) is 0 Å². The summed E-state index contributed by atoms with van der Waals surface area (Å²) in [6.45, 7) is 3.98. The highest BCUT2D eigenvalue weighted by atomic mass is 16.6. The largest absolute Gasteiger partial charge is 0.511 e. The maximum Gasteiger partial charge on any atom is 0.376 e. The number of carbonyl (C=O) groups is 1. The van der Waals surface area contributed by atoms with Gasteiger partial charge in [0.2, 0.25) is 5.76 Å². The van der Waals surface area contributed by atoms with Crippen molar-refractivity contribution in [2.24, 2.45) is 0 Å². The van der Waals surface area contributed by atoms with E-state index in [1.54, 1.807) is 13.8 Å². The highest BCUT2D eigenvalue weighted by Gasteiger charge is 2.10. The van der Waals surface area contributed by atoms with Gasteiger partial charge in [0.05, 0.1) is 13.2 Å². The molecule has 0 aromatic carbocycles. The minimum absolute atomic E-state index is 0.158. The molecule has 11 heavy (non-hydrogen) atoms. The van der Waals surface area contributed by atoms with Crippen molar-refractivity contribution in [3.05, 3.63) is 12.0 Å². The second kappa shape index (κ2) is 5.58. The molecule has 0 aliphatic heterocycles. The number of aliphatic hydroxyl groups excluding tert-OH is 1. The van der Waals surface area contributed by atoms with E-state index in [4.69, 9.17) is 9.84 Å². The van der Waals surface area contributed by atoms with Crippen molar-refractivity contribution in [1.29, 1.82) is 0 Å². The van der Waals surface area contributed by atoms with E-state index in [9.17, 15) is 4.79 Å². The van der Waals surface area contributed by atoms with Gasteiger partial charge in [-0.25, -0.2) is 4.79 Å². The summed E-state index contributed by atoms with van der Waals surface area (Å²) >= 11 is 0. The third-order valence-electron chi connectivity index (χ3n) is 0.894. The molecule has 1 N–H and O–H groups in total. The molecule has 0 rings (SSSR count). The Morgan fingerprint density at radius 2 is 1.91 bits per heavy atom. The average molecular weight is 160 g/mol. The van der Waals surface area contributed by atoms with Gasteiger partial charge >= 0.3 is 5.97 Å². The van der Waals surface area contributed by atoms with Crippen LogP contribution in [0.2, 0.25) is 0 Å². The molecule has 4 nitrogen and oxygen atoms in total. The van der Waals surface area contributed by atoms with E-state index in [1.807, 2.05) is 0 Å². The van der Waals surface area contributed by atoms with Crippen molar-refractivity contribution in [1.82, 2.24) is 0 Å². The fourth-order valence-corrected chi connectivity index (χ4v) is 0.507. The number of hydrogen-bond acceptors (Lipinski definition) is 4. The third kappa shape index (κ3) is 3.50. The van der Waals surface area contributed by atoms with Crippen molar-refractivity contribution in [3.63, 3.8) is 0 Å². The SMILES string of the molecule is CCOC(=O)/C(=C\O)OCC. The van der Waals surface area contributed by atoms with Crippen molar-refractivity contribution in [3.8, 4) is 0 Å². The minimum Gasteiger partial charge on any atom is -0.511 e. The van der Waals surface area contributed by atoms with Gasteiger partial charge in [0.25, 0.3) is 0 Å². The molecule has 0 saturated carbocycles. The van der Waals surface area contributed by atoms with E-state index in [1.165, 1.54) is 0 Å². The topological polar surface area (TPSA) is 55.8 Å². The van der Waals surface area contributed by atoms with Crippen LogP contribution < -0.4 is 0 Å². The van der Waals surface area contributed by atoms with E-state index >= 15 is 0 Å². The fraction of sp³-hybridized carbons (Fsp3) is 0.571. The normalized spacial score (nSPS) is 10.9. The lowest BCUT2D eigenvalue weighted by atomic mass is 10.5. The number of rotatable bonds is 4. The molecular weight excluding hydrogens is 148 g/mol. The number of aliphatic hydroxyl groups is 1. The average Bonchev–Trinajstić information content (AvgIpc) is 2.00. The summed E-state index contributed by atoms with van der Waals surface area (Å²) in [4.78, 5) is 10.8. The Hall–Kier alpha value is -1.19. The van der Waals surface area contributed by atoms with E-state index in [0.717, 1.165) is 0 Å². The van der Waals surface area contributed by atoms with Crippen LogP contribution >= 0.6 is 0 Å². The summed E-state index contributed by atoms with van der Waals surface area (Å²) in [7, 11) is 0. The molecule has 0 aliphatic rings. The second-order valence-corrected chi connectivity index (χ2v) is 1.65. The van der Waals surface area contributed by atoms with Gasteiger partial charge < -0.3 is 14.6 Å². The predicted molar refractivity (Wildman–Crippen MR) is 39.0 cm³/mol. The summed E-state index contributed by atoms with van der Waals surface area (Å²) in [5.74, 6) is -0.800. The van der Waals surface area contributed by atoms with Gasteiger partial charge in [-0.05, 0) is 13.8 Å². The molecule has 0 aromatic rings. The number of ether oxygens (including phenoxy) is 2. The first-order valence-corrected chi connectivity index (χ1v) is 3.40. The maximum absolute atomic E-state index is 10.8. The summed E-state index contributed by atoms with van der Waals surface area (Å²) in [5.41, 5.74) is 0. The molecule has 0 fully saturated rings. The molecule has 0 unspecified atom stereocenters. The zero-order valence-electron chi connectivity index (χ0n) is 6.66. The Morgan fingerprint density at radius 1 is 1.36 bits per heavy atom. The first kappa shape index (κ1) is 9.81. The van der Waals surface area contributed by atoms with Crippen molar-refractivity contribution in [2.45, 2.75) is 13.8 Å². The summed E-state index contributed by atoms with van der Waals surface area (Å²) in [6.07, 6.45) is 0.599. The van der Waals surface area contributed by atoms with Crippen LogP contribution in [0.4, 0.5) is 0 Å². The fourth-order valence-electron chi connectivity index (χ4n) is 0.507. The highest BCUT2D eigenvalue weighted by molar-refractivity contribution is 5.85. The van der Waals surface area contributed by atoms with Crippen LogP contribution in [0.1, 0.15) is 13.8 Å². The van der Waals surface area contributed by atoms with Gasteiger partial charge in [0.1, 0.15) is 6.26 Å². The molecule has 0 aliphatic carbocycles. The van der Waals surface area contributed by atoms with Gasteiger partial charge in [-0.1, -0.05) is 0 Å². The molecule has 64 valence electrons. The Labute approximate surface area is 65.4 Å². The summed E-state index contributed by atoms with van der Waals surface area (Å²) in [6, 6.07) is 0. The van der Waals surface area contributed by atoms with E-state index in [-0.39, 0.29) is 12.4 Å². The Bertz CT molecular complexity index is 151. The lowest BCUT2D eigenvalue weighted by molar-refractivity contribution is -0.142. The molecule has 0 heterocycles. The Balaban J connectivity index is 3.94. The molecule has 0 atom stereocenters. The first-order valence-electron chi connectivity index (χ1n) is 3.40. The van der Waals surface area contributed by atoms with Crippen molar-refractivity contribution in [2.75, 3.05) is 13.2 Å². The molecule has 0 amide bonds. The second-order valence-electron chi connectivity index (χ2n) is 1.65. The number of carbonyl (C=O) groups excluding carboxylic acids is 1. The van der Waals surface area contributed by atoms with E-state index < -0.39 is 5.97 Å². The number of esters is 1. The van der Waals surface area contributed by atoms with Crippen LogP contribution in [-0.4, -0.2) is 24.3 Å². The van der Waals surface area contributed by atoms with Crippen molar-refractivity contribution >= 4 is 5.97 Å². The van der Waals surface area contributed by atoms with E-state index in [0.29, 0.717) is 12.9 Å². The van der Waals surface area contributed by atoms with Crippen LogP contribution in [0.25, 0.3) is 0 Å². The van der Waals surface area contributed by atoms with E-state index in [2.05, 4.69) is 4.74 Å². The maximum atomic E-state index is 10.8. The van der Waals surface area contributed by atoms with Crippen LogP contribution in [0.15, 0.2) is 12.0 Å². The minimum atomic E-state index is -0.642. The molecular formula is C7H12O4. The smallest absolute Gasteiger partial charge is 0.376 e. The zero-order chi connectivity index (χ0) is 8.69. The summed E-state index contributed by atoms with van der Waals surface area (Å²) in [5, 5.41) is 8.47. The van der Waals surface area contributed by atoms with Crippen LogP contribution in [0, 0.1) is 0 Å². The monoisotopic (exact) mass is 160 g/mol. The molecule has 0 aromatic heterocycles. The molecule has 4 heteroatoms. The lowest BCUT2D eigenvalue weighted by Crippen LogP contribution is -2.10. The third-order valence-corrected chi connectivity index (χ3v) is 0.894. The Morgan fingerprint density at radius 3 is 2.27 bits per heavy atom. The van der Waals surface area contributed by atoms with Crippen LogP contribution in [-0.2, 0) is 14.3 Å². The summed E-state index contributed by atoms with van der Waals surface area (Å²) < 4.78 is 9.30. The van der Waals surface area contributed by atoms with Gasteiger partial charge in [0, 0.05) is 0 Å². The number of hydrogen-bond donors (Lipinski definition) is 1. The lowest BCUT2D eigenvalue weighted by Gasteiger charge is -2.04. The molecule has 0 radical (unpaired) electrons. The van der Waals surface area contributed by atoms with Gasteiger partial charge in [0.15, 0.2) is 0 Å². The van der Waals surface area contributed by atoms with Gasteiger partial charge in [-0.15, -0.1) is 0 Å². The van der Waals surface area contributed by atoms with Gasteiger partial charge in [-0.2, -0.15) is 0 Å². The standard InChI is InChI=1S/C7H12O4/c1-3-10-6(5-8)7(9)11-4-2/h5,8H,3-4H2,1-2H3/b6-5+. The Kier molecular flexibility index (Phi) is 4.98. The molecule has 0 bridgehead atoms. The molecule has 0 spiro atoms. The van der Waals surface area contributed by atoms with Crippen LogP contribution in [0.5, 0.6) is 0 Å². The first-order chi connectivity index (χ1) is 5.26. The highest BCUT2D eigenvalue weighted by Crippen LogP contribution is 1.98. The molecule has 0 saturated heterocycles. The quantitative estimate of drug-likeness (QED) is 0.378. The zero-order valence-corrected chi connectivity index (χ0v) is 6.66. The predicted octanol–water partition coefficient (Wildman–Crippen LogP) is 0.985. The van der Waals surface area contributed by atoms with Crippen molar-refractivity contribution < 1.29 is 19.4 Å².